The number of anilines is 1. The molecule has 4 rings (SSSR count). The Morgan fingerprint density at radius 1 is 1.33 bits per heavy atom. The van der Waals surface area contributed by atoms with E-state index in [1.807, 2.05) is 19.1 Å². The lowest BCUT2D eigenvalue weighted by molar-refractivity contribution is 0.217. The molecule has 0 aromatic carbocycles. The zero-order valence-electron chi connectivity index (χ0n) is 16.2. The number of carbonyl (C=O) groups excluding carboxylic acids is 1. The largest absolute Gasteiger partial charge is 0.388 e. The highest BCUT2D eigenvalue weighted by molar-refractivity contribution is 6.32. The summed E-state index contributed by atoms with van der Waals surface area (Å²) >= 11 is 6.43. The fourth-order valence-corrected chi connectivity index (χ4v) is 3.31. The number of hydrogen-bond acceptors (Lipinski definition) is 7. The Bertz CT molecular complexity index is 1100. The molecule has 9 nitrogen and oxygen atoms in total. The summed E-state index contributed by atoms with van der Waals surface area (Å²) in [6.07, 6.45) is 5.87. The molecule has 0 bridgehead atoms. The first-order chi connectivity index (χ1) is 14.5. The molecule has 10 heteroatoms. The van der Waals surface area contributed by atoms with Crippen molar-refractivity contribution in [3.05, 3.63) is 58.8 Å². The maximum atomic E-state index is 12.5. The second kappa shape index (κ2) is 8.60. The van der Waals surface area contributed by atoms with Gasteiger partial charge in [0.15, 0.2) is 5.82 Å². The van der Waals surface area contributed by atoms with Gasteiger partial charge in [-0.05, 0) is 36.6 Å². The summed E-state index contributed by atoms with van der Waals surface area (Å²) in [4.78, 5) is 26.8. The van der Waals surface area contributed by atoms with Crippen molar-refractivity contribution >= 4 is 29.0 Å². The van der Waals surface area contributed by atoms with Crippen LogP contribution in [0.1, 0.15) is 23.5 Å². The van der Waals surface area contributed by atoms with Gasteiger partial charge in [-0.3, -0.25) is 10.3 Å². The van der Waals surface area contributed by atoms with E-state index < -0.39 is 0 Å². The van der Waals surface area contributed by atoms with Crippen LogP contribution in [-0.4, -0.2) is 49.2 Å². The number of pyridine rings is 2. The van der Waals surface area contributed by atoms with E-state index in [4.69, 9.17) is 21.2 Å². The average molecular weight is 427 g/mol. The minimum absolute atomic E-state index is 0.194. The van der Waals surface area contributed by atoms with Crippen LogP contribution in [0.15, 0.2) is 41.2 Å². The second-order valence-electron chi connectivity index (χ2n) is 6.80. The number of aliphatic hydroxyl groups is 1. The zero-order valence-corrected chi connectivity index (χ0v) is 16.9. The predicted molar refractivity (Wildman–Crippen MR) is 111 cm³/mol. The van der Waals surface area contributed by atoms with Gasteiger partial charge in [-0.25, -0.2) is 9.78 Å². The second-order valence-corrected chi connectivity index (χ2v) is 7.21. The number of amides is 2. The first-order valence-electron chi connectivity index (χ1n) is 9.31. The summed E-state index contributed by atoms with van der Waals surface area (Å²) in [5, 5.41) is 15.9. The van der Waals surface area contributed by atoms with Crippen molar-refractivity contribution in [3.63, 3.8) is 0 Å². The standard InChI is InChI=1S/C20H19ClN6O3/c1-12-2-3-16(22-9-12)25-20(29)27-6-4-13(5-7-27)18-15(21)8-14(10-23-18)19-24-17(11-28)26-30-19/h2-4,8-10,28H,5-7,11H2,1H3,(H,22,25,29). The Morgan fingerprint density at radius 3 is 2.83 bits per heavy atom. The summed E-state index contributed by atoms with van der Waals surface area (Å²) in [6.45, 7) is 2.61. The summed E-state index contributed by atoms with van der Waals surface area (Å²) in [6, 6.07) is 5.16. The number of aryl methyl sites for hydroxylation is 1. The molecule has 0 radical (unpaired) electrons. The van der Waals surface area contributed by atoms with E-state index in [1.165, 1.54) is 0 Å². The minimum atomic E-state index is -0.306. The molecule has 3 aromatic heterocycles. The Balaban J connectivity index is 1.43. The number of carbonyl (C=O) groups is 1. The van der Waals surface area contributed by atoms with E-state index in [1.54, 1.807) is 29.4 Å². The van der Waals surface area contributed by atoms with Crippen molar-refractivity contribution < 1.29 is 14.4 Å². The molecular formula is C20H19ClN6O3. The third-order valence-corrected chi connectivity index (χ3v) is 4.93. The first-order valence-corrected chi connectivity index (χ1v) is 9.68. The van der Waals surface area contributed by atoms with Gasteiger partial charge in [-0.1, -0.05) is 28.9 Å². The van der Waals surface area contributed by atoms with E-state index in [0.717, 1.165) is 11.1 Å². The van der Waals surface area contributed by atoms with Gasteiger partial charge >= 0.3 is 6.03 Å². The lowest BCUT2D eigenvalue weighted by atomic mass is 10.0. The number of halogens is 1. The lowest BCUT2D eigenvalue weighted by Gasteiger charge is -2.26. The topological polar surface area (TPSA) is 117 Å². The zero-order chi connectivity index (χ0) is 21.1. The Morgan fingerprint density at radius 2 is 2.20 bits per heavy atom. The molecule has 2 N–H and O–H groups in total. The van der Waals surface area contributed by atoms with Gasteiger partial charge in [0, 0.05) is 25.5 Å². The van der Waals surface area contributed by atoms with E-state index >= 15 is 0 Å². The molecule has 0 atom stereocenters. The van der Waals surface area contributed by atoms with E-state index in [0.29, 0.717) is 41.6 Å². The number of hydrogen-bond donors (Lipinski definition) is 2. The number of aliphatic hydroxyl groups excluding tert-OH is 1. The number of aromatic nitrogens is 4. The molecule has 0 saturated heterocycles. The average Bonchev–Trinajstić information content (AvgIpc) is 3.25. The normalized spacial score (nSPS) is 13.8. The Kier molecular flexibility index (Phi) is 5.73. The Labute approximate surface area is 177 Å². The molecule has 4 heterocycles. The maximum Gasteiger partial charge on any atom is 0.323 e. The van der Waals surface area contributed by atoms with Gasteiger partial charge in [0.1, 0.15) is 12.4 Å². The third kappa shape index (κ3) is 4.32. The maximum absolute atomic E-state index is 12.5. The summed E-state index contributed by atoms with van der Waals surface area (Å²) in [5.41, 5.74) is 3.22. The molecule has 0 unspecified atom stereocenters. The molecule has 154 valence electrons. The molecule has 30 heavy (non-hydrogen) atoms. The highest BCUT2D eigenvalue weighted by atomic mass is 35.5. The van der Waals surface area contributed by atoms with Crippen molar-refractivity contribution in [1.29, 1.82) is 0 Å². The van der Waals surface area contributed by atoms with Gasteiger partial charge < -0.3 is 14.5 Å². The van der Waals surface area contributed by atoms with E-state index in [-0.39, 0.29) is 24.4 Å². The van der Waals surface area contributed by atoms with Crippen LogP contribution in [0.4, 0.5) is 10.6 Å². The third-order valence-electron chi connectivity index (χ3n) is 4.64. The lowest BCUT2D eigenvalue weighted by Crippen LogP contribution is -2.38. The van der Waals surface area contributed by atoms with E-state index in [2.05, 4.69) is 25.4 Å². The van der Waals surface area contributed by atoms with Crippen LogP contribution in [0.25, 0.3) is 17.0 Å². The van der Waals surface area contributed by atoms with Crippen LogP contribution in [0.3, 0.4) is 0 Å². The molecule has 1 aliphatic heterocycles. The smallest absolute Gasteiger partial charge is 0.323 e. The van der Waals surface area contributed by atoms with Crippen LogP contribution >= 0.6 is 11.6 Å². The molecule has 0 fully saturated rings. The molecule has 0 saturated carbocycles. The van der Waals surface area contributed by atoms with Crippen LogP contribution < -0.4 is 5.32 Å². The Hall–Kier alpha value is -3.30. The molecule has 0 aliphatic carbocycles. The first kappa shape index (κ1) is 20.0. The van der Waals surface area contributed by atoms with Crippen molar-refractivity contribution in [2.24, 2.45) is 0 Å². The predicted octanol–water partition coefficient (Wildman–Crippen LogP) is 3.30. The van der Waals surface area contributed by atoms with Gasteiger partial charge in [0.2, 0.25) is 0 Å². The fourth-order valence-electron chi connectivity index (χ4n) is 3.03. The highest BCUT2D eigenvalue weighted by Crippen LogP contribution is 2.30. The van der Waals surface area contributed by atoms with Crippen LogP contribution in [0.2, 0.25) is 5.02 Å². The highest BCUT2D eigenvalue weighted by Gasteiger charge is 2.21. The van der Waals surface area contributed by atoms with Crippen molar-refractivity contribution in [1.82, 2.24) is 25.0 Å². The summed E-state index contributed by atoms with van der Waals surface area (Å²) in [7, 11) is 0. The fraction of sp³-hybridized carbons (Fsp3) is 0.250. The number of nitrogens with zero attached hydrogens (tertiary/aromatic N) is 5. The van der Waals surface area contributed by atoms with Gasteiger partial charge in [-0.15, -0.1) is 0 Å². The van der Waals surface area contributed by atoms with Crippen LogP contribution in [-0.2, 0) is 6.61 Å². The molecule has 0 spiro atoms. The molecule has 1 aliphatic rings. The number of rotatable bonds is 4. The number of urea groups is 1. The monoisotopic (exact) mass is 426 g/mol. The van der Waals surface area contributed by atoms with E-state index in [9.17, 15) is 4.79 Å². The van der Waals surface area contributed by atoms with Crippen LogP contribution in [0.5, 0.6) is 0 Å². The summed E-state index contributed by atoms with van der Waals surface area (Å²) < 4.78 is 5.09. The SMILES string of the molecule is Cc1ccc(NC(=O)N2CC=C(c3ncc(-c4nc(CO)no4)cc3Cl)CC2)nc1. The van der Waals surface area contributed by atoms with Crippen molar-refractivity contribution in [2.45, 2.75) is 20.0 Å². The van der Waals surface area contributed by atoms with Gasteiger partial charge in [0.25, 0.3) is 5.89 Å². The van der Waals surface area contributed by atoms with Gasteiger partial charge in [0.05, 0.1) is 16.3 Å². The summed E-state index contributed by atoms with van der Waals surface area (Å²) in [5.74, 6) is 0.954. The van der Waals surface area contributed by atoms with Crippen molar-refractivity contribution in [3.8, 4) is 11.5 Å². The molecule has 3 aromatic rings. The number of nitrogens with one attached hydrogen (secondary N) is 1. The van der Waals surface area contributed by atoms with Crippen LogP contribution in [0, 0.1) is 6.92 Å². The minimum Gasteiger partial charge on any atom is -0.388 e. The van der Waals surface area contributed by atoms with Gasteiger partial charge in [-0.2, -0.15) is 4.98 Å². The molecule has 2 amide bonds. The van der Waals surface area contributed by atoms with Crippen molar-refractivity contribution in [2.75, 3.05) is 18.4 Å². The quantitative estimate of drug-likeness (QED) is 0.657. The molecular weight excluding hydrogens is 408 g/mol.